The molecule has 0 amide bonds. The smallest absolute Gasteiger partial charge is 0.355 e. The van der Waals surface area contributed by atoms with E-state index < -0.39 is 39.3 Å². The first kappa shape index (κ1) is 20.5. The summed E-state index contributed by atoms with van der Waals surface area (Å²) in [6, 6.07) is 3.43. The number of benzene rings is 1. The lowest BCUT2D eigenvalue weighted by atomic mass is 9.98. The fourth-order valence-electron chi connectivity index (χ4n) is 2.31. The summed E-state index contributed by atoms with van der Waals surface area (Å²) in [5.74, 6) is -4.65. The molecule has 0 radical (unpaired) electrons. The van der Waals surface area contributed by atoms with Crippen LogP contribution in [0.1, 0.15) is 12.5 Å². The van der Waals surface area contributed by atoms with Crippen LogP contribution in [0.3, 0.4) is 0 Å². The van der Waals surface area contributed by atoms with Crippen LogP contribution < -0.4 is 4.74 Å². The Morgan fingerprint density at radius 3 is 2.42 bits per heavy atom. The van der Waals surface area contributed by atoms with Crippen molar-refractivity contribution in [3.05, 3.63) is 64.0 Å². The van der Waals surface area contributed by atoms with Gasteiger partial charge in [-0.25, -0.2) is 13.2 Å². The van der Waals surface area contributed by atoms with Crippen LogP contribution in [0.25, 0.3) is 0 Å². The first-order chi connectivity index (χ1) is 12.0. The van der Waals surface area contributed by atoms with Crippen LogP contribution in [-0.2, 0) is 0 Å². The largest absolute Gasteiger partial charge is 0.464 e. The number of hydrogen-bond acceptors (Lipinski definition) is 4. The van der Waals surface area contributed by atoms with Gasteiger partial charge in [0, 0.05) is 16.5 Å². The molecule has 0 saturated heterocycles. The summed E-state index contributed by atoms with van der Waals surface area (Å²) in [4.78, 5) is -0.437. The van der Waals surface area contributed by atoms with Gasteiger partial charge in [0.15, 0.2) is 0 Å². The highest BCUT2D eigenvalue weighted by Crippen LogP contribution is 2.56. The summed E-state index contributed by atoms with van der Waals surface area (Å²) in [6.07, 6.45) is -0.585. The van der Waals surface area contributed by atoms with Crippen molar-refractivity contribution in [2.24, 2.45) is 0 Å². The van der Waals surface area contributed by atoms with Crippen LogP contribution in [0.15, 0.2) is 52.7 Å². The number of aryl methyl sites for hydroxylation is 1. The van der Waals surface area contributed by atoms with Gasteiger partial charge in [-0.05, 0) is 43.3 Å². The Bertz CT molecular complexity index is 764. The quantitative estimate of drug-likeness (QED) is 0.438. The Morgan fingerprint density at radius 1 is 1.23 bits per heavy atom. The number of alkyl halides is 4. The molecule has 9 heteroatoms. The second-order valence-electron chi connectivity index (χ2n) is 5.49. The monoisotopic (exact) mass is 394 g/mol. The molecule has 1 aromatic carbocycles. The number of ether oxygens (including phenoxy) is 1. The highest BCUT2D eigenvalue weighted by molar-refractivity contribution is 8.04. The van der Waals surface area contributed by atoms with Gasteiger partial charge >= 0.3 is 5.25 Å². The zero-order valence-electron chi connectivity index (χ0n) is 13.6. The minimum absolute atomic E-state index is 0.146. The van der Waals surface area contributed by atoms with Crippen LogP contribution in [0.2, 0.25) is 0 Å². The summed E-state index contributed by atoms with van der Waals surface area (Å²) in [5.41, 5.74) is -1.76. The molecule has 3 nitrogen and oxygen atoms in total. The molecule has 0 bridgehead atoms. The lowest BCUT2D eigenvalue weighted by Gasteiger charge is -2.26. The van der Waals surface area contributed by atoms with E-state index in [0.29, 0.717) is 11.8 Å². The number of rotatable bonds is 5. The fraction of sp³-hybridized carbons (Fsp3) is 0.294. The van der Waals surface area contributed by atoms with E-state index in [2.05, 4.69) is 0 Å². The topological polar surface area (TPSA) is 49.7 Å². The highest BCUT2D eigenvalue weighted by Gasteiger charge is 2.62. The Labute approximate surface area is 150 Å². The Hall–Kier alpha value is -1.84. The molecule has 1 aromatic rings. The van der Waals surface area contributed by atoms with Gasteiger partial charge in [0.25, 0.3) is 12.2 Å². The normalized spacial score (nSPS) is 19.7. The molecule has 26 heavy (non-hydrogen) atoms. The molecular weight excluding hydrogens is 379 g/mol. The third-order valence-corrected chi connectivity index (χ3v) is 4.52. The van der Waals surface area contributed by atoms with Crippen molar-refractivity contribution in [2.45, 2.75) is 31.3 Å². The second kappa shape index (κ2) is 7.42. The molecule has 1 aliphatic rings. The molecule has 0 fully saturated rings. The number of thioether (sulfide) groups is 1. The van der Waals surface area contributed by atoms with E-state index >= 15 is 0 Å². The lowest BCUT2D eigenvalue weighted by molar-refractivity contribution is -0.225. The molecule has 2 N–H and O–H groups in total. The van der Waals surface area contributed by atoms with Gasteiger partial charge in [-0.15, -0.1) is 0 Å². The van der Waals surface area contributed by atoms with E-state index in [1.165, 1.54) is 25.1 Å². The maximum atomic E-state index is 13.9. The summed E-state index contributed by atoms with van der Waals surface area (Å²) in [5, 5.41) is 15.4. The summed E-state index contributed by atoms with van der Waals surface area (Å²) in [7, 11) is 0. The lowest BCUT2D eigenvalue weighted by Crippen LogP contribution is -2.45. The summed E-state index contributed by atoms with van der Waals surface area (Å²) < 4.78 is 73.0. The van der Waals surface area contributed by atoms with Gasteiger partial charge in [-0.2, -0.15) is 8.78 Å². The van der Waals surface area contributed by atoms with Crippen LogP contribution in [0, 0.1) is 12.7 Å². The van der Waals surface area contributed by atoms with Crippen molar-refractivity contribution in [1.82, 2.24) is 0 Å². The predicted molar refractivity (Wildman–Crippen MR) is 87.4 cm³/mol. The van der Waals surface area contributed by atoms with Crippen LogP contribution in [0.4, 0.5) is 22.0 Å². The third kappa shape index (κ3) is 3.94. The molecule has 2 rings (SSSR count). The minimum atomic E-state index is -4.14. The van der Waals surface area contributed by atoms with Gasteiger partial charge in [-0.1, -0.05) is 12.2 Å². The standard InChI is InChI=1S/C17H15F5O3S/c1-3-4-13-14(16(23,24)17(21,22)26-13)12(15(19)20)8-25-11-6-9(2)5-10(18)7-11/h3-8,15,23-24H,1-2H3/b4-3-,12-8-. The maximum absolute atomic E-state index is 13.9. The average Bonchev–Trinajstić information content (AvgIpc) is 2.65. The zero-order valence-corrected chi connectivity index (χ0v) is 14.5. The number of halogens is 5. The molecule has 142 valence electrons. The number of aliphatic hydroxyl groups is 2. The molecule has 0 saturated carbocycles. The van der Waals surface area contributed by atoms with E-state index in [-0.39, 0.29) is 17.5 Å². The fourth-order valence-corrected chi connectivity index (χ4v) is 3.40. The third-order valence-electron chi connectivity index (χ3n) is 3.42. The van der Waals surface area contributed by atoms with E-state index in [1.807, 2.05) is 0 Å². The van der Waals surface area contributed by atoms with Crippen molar-refractivity contribution in [3.63, 3.8) is 0 Å². The average molecular weight is 394 g/mol. The van der Waals surface area contributed by atoms with Crippen molar-refractivity contribution in [1.29, 1.82) is 0 Å². The Balaban J connectivity index is 2.52. The van der Waals surface area contributed by atoms with E-state index in [4.69, 9.17) is 4.74 Å². The summed E-state index contributed by atoms with van der Waals surface area (Å²) in [6.45, 7) is 3.00. The van der Waals surface area contributed by atoms with Crippen molar-refractivity contribution in [3.8, 4) is 5.75 Å². The Kier molecular flexibility index (Phi) is 5.84. The van der Waals surface area contributed by atoms with Crippen molar-refractivity contribution in [2.75, 3.05) is 0 Å². The molecule has 1 aliphatic heterocycles. The predicted octanol–water partition coefficient (Wildman–Crippen LogP) is 4.51. The van der Waals surface area contributed by atoms with E-state index in [0.717, 1.165) is 12.1 Å². The second-order valence-corrected chi connectivity index (χ2v) is 6.64. The first-order valence-electron chi connectivity index (χ1n) is 7.31. The maximum Gasteiger partial charge on any atom is 0.355 e. The molecule has 0 atom stereocenters. The van der Waals surface area contributed by atoms with Gasteiger partial charge in [0.1, 0.15) is 17.8 Å². The van der Waals surface area contributed by atoms with Gasteiger partial charge in [-0.3, -0.25) is 0 Å². The number of allylic oxidation sites excluding steroid dienone is 2. The molecule has 0 aliphatic carbocycles. The zero-order chi connectivity index (χ0) is 19.7. The molecule has 0 aromatic heterocycles. The van der Waals surface area contributed by atoms with E-state index in [1.54, 1.807) is 6.92 Å². The Morgan fingerprint density at radius 2 is 1.88 bits per heavy atom. The van der Waals surface area contributed by atoms with Gasteiger partial charge in [0.05, 0.1) is 5.57 Å². The van der Waals surface area contributed by atoms with Crippen molar-refractivity contribution >= 4 is 11.8 Å². The molecule has 0 unspecified atom stereocenters. The van der Waals surface area contributed by atoms with Crippen LogP contribution >= 0.6 is 11.8 Å². The molecular formula is C17H15F5O3S. The van der Waals surface area contributed by atoms with E-state index in [9.17, 15) is 32.2 Å². The van der Waals surface area contributed by atoms with Crippen LogP contribution in [-0.4, -0.2) is 27.7 Å². The van der Waals surface area contributed by atoms with Crippen molar-refractivity contribution < 1.29 is 36.9 Å². The number of hydrogen-bond donors (Lipinski definition) is 2. The van der Waals surface area contributed by atoms with Gasteiger partial charge < -0.3 is 14.9 Å². The molecule has 0 spiro atoms. The first-order valence-corrected chi connectivity index (χ1v) is 8.12. The SMILES string of the molecule is C/C=C\C1=C(C(=C/Oc2cc(C)cc(F)c2)/C(F)F)C(O)(O)C(F)(F)S1. The summed E-state index contributed by atoms with van der Waals surface area (Å²) >= 11 is -0.250. The highest BCUT2D eigenvalue weighted by atomic mass is 32.2. The van der Waals surface area contributed by atoms with Crippen LogP contribution in [0.5, 0.6) is 5.75 Å². The van der Waals surface area contributed by atoms with Gasteiger partial charge in [0.2, 0.25) is 0 Å². The minimum Gasteiger partial charge on any atom is -0.464 e. The molecule has 1 heterocycles.